The summed E-state index contributed by atoms with van der Waals surface area (Å²) in [6.45, 7) is 0.745. The number of anilines is 1. The number of methoxy groups -OCH3 is 1. The van der Waals surface area contributed by atoms with Gasteiger partial charge in [0.15, 0.2) is 0 Å². The summed E-state index contributed by atoms with van der Waals surface area (Å²) in [6, 6.07) is 14.7. The van der Waals surface area contributed by atoms with Crippen LogP contribution in [0.15, 0.2) is 48.5 Å². The van der Waals surface area contributed by atoms with E-state index in [1.807, 2.05) is 30.3 Å². The first-order valence-corrected chi connectivity index (χ1v) is 6.39. The van der Waals surface area contributed by atoms with Gasteiger partial charge in [-0.2, -0.15) is 0 Å². The molecule has 4 heteroatoms. The molecule has 0 atom stereocenters. The maximum atomic E-state index is 10.9. The SMILES string of the molecule is COc1ccc(CCNc2cccc(C(=O)O)c2)cc1. The van der Waals surface area contributed by atoms with Crippen LogP contribution in [-0.4, -0.2) is 24.7 Å². The molecule has 0 bridgehead atoms. The Morgan fingerprint density at radius 1 is 1.20 bits per heavy atom. The summed E-state index contributed by atoms with van der Waals surface area (Å²) in [4.78, 5) is 10.9. The topological polar surface area (TPSA) is 58.6 Å². The minimum atomic E-state index is -0.913. The largest absolute Gasteiger partial charge is 0.497 e. The van der Waals surface area contributed by atoms with E-state index in [9.17, 15) is 4.79 Å². The second-order valence-electron chi connectivity index (χ2n) is 4.41. The minimum absolute atomic E-state index is 0.291. The maximum absolute atomic E-state index is 10.9. The average Bonchev–Trinajstić information content (AvgIpc) is 2.48. The van der Waals surface area contributed by atoms with Crippen LogP contribution in [0.4, 0.5) is 5.69 Å². The van der Waals surface area contributed by atoms with Crippen molar-refractivity contribution in [1.29, 1.82) is 0 Å². The van der Waals surface area contributed by atoms with Gasteiger partial charge in [0.1, 0.15) is 5.75 Å². The zero-order chi connectivity index (χ0) is 14.4. The Bertz CT molecular complexity index is 579. The van der Waals surface area contributed by atoms with Gasteiger partial charge < -0.3 is 15.2 Å². The summed E-state index contributed by atoms with van der Waals surface area (Å²) in [5.41, 5.74) is 2.31. The third-order valence-corrected chi connectivity index (χ3v) is 3.01. The van der Waals surface area contributed by atoms with E-state index in [0.29, 0.717) is 5.56 Å². The van der Waals surface area contributed by atoms with Crippen molar-refractivity contribution in [2.45, 2.75) is 6.42 Å². The van der Waals surface area contributed by atoms with Crippen molar-refractivity contribution < 1.29 is 14.6 Å². The Kier molecular flexibility index (Phi) is 4.60. The van der Waals surface area contributed by atoms with E-state index >= 15 is 0 Å². The van der Waals surface area contributed by atoms with E-state index in [1.54, 1.807) is 25.3 Å². The van der Waals surface area contributed by atoms with E-state index < -0.39 is 5.97 Å². The molecular formula is C16H17NO3. The molecule has 0 saturated heterocycles. The molecule has 0 heterocycles. The van der Waals surface area contributed by atoms with Crippen LogP contribution in [0, 0.1) is 0 Å². The summed E-state index contributed by atoms with van der Waals surface area (Å²) in [5.74, 6) is -0.0697. The summed E-state index contributed by atoms with van der Waals surface area (Å²) < 4.78 is 5.11. The van der Waals surface area contributed by atoms with E-state index in [1.165, 1.54) is 5.56 Å². The average molecular weight is 271 g/mol. The third kappa shape index (κ3) is 3.75. The summed E-state index contributed by atoms with van der Waals surface area (Å²) >= 11 is 0. The van der Waals surface area contributed by atoms with Crippen molar-refractivity contribution in [2.24, 2.45) is 0 Å². The normalized spacial score (nSPS) is 10.1. The molecule has 20 heavy (non-hydrogen) atoms. The number of ether oxygens (including phenoxy) is 1. The third-order valence-electron chi connectivity index (χ3n) is 3.01. The Morgan fingerprint density at radius 3 is 2.60 bits per heavy atom. The summed E-state index contributed by atoms with van der Waals surface area (Å²) in [6.07, 6.45) is 0.862. The predicted octanol–water partition coefficient (Wildman–Crippen LogP) is 3.05. The van der Waals surface area contributed by atoms with Crippen LogP contribution >= 0.6 is 0 Å². The molecule has 2 aromatic carbocycles. The van der Waals surface area contributed by atoms with Crippen LogP contribution in [-0.2, 0) is 6.42 Å². The van der Waals surface area contributed by atoms with Gasteiger partial charge >= 0.3 is 5.97 Å². The number of rotatable bonds is 6. The van der Waals surface area contributed by atoms with Gasteiger partial charge in [-0.25, -0.2) is 4.79 Å². The number of hydrogen-bond acceptors (Lipinski definition) is 3. The molecule has 0 aliphatic carbocycles. The van der Waals surface area contributed by atoms with Crippen LogP contribution in [0.5, 0.6) is 5.75 Å². The molecule has 4 nitrogen and oxygen atoms in total. The number of carboxylic acids is 1. The smallest absolute Gasteiger partial charge is 0.335 e. The first-order chi connectivity index (χ1) is 9.69. The van der Waals surface area contributed by atoms with E-state index in [0.717, 1.165) is 24.4 Å². The summed E-state index contributed by atoms with van der Waals surface area (Å²) in [5, 5.41) is 12.1. The minimum Gasteiger partial charge on any atom is -0.497 e. The number of carbonyl (C=O) groups is 1. The molecule has 0 spiro atoms. The van der Waals surface area contributed by atoms with Gasteiger partial charge in [0.05, 0.1) is 12.7 Å². The monoisotopic (exact) mass is 271 g/mol. The van der Waals surface area contributed by atoms with Crippen LogP contribution < -0.4 is 10.1 Å². The lowest BCUT2D eigenvalue weighted by Crippen LogP contribution is -2.06. The highest BCUT2D eigenvalue weighted by Crippen LogP contribution is 2.13. The molecule has 0 radical (unpaired) electrons. The number of hydrogen-bond donors (Lipinski definition) is 2. The van der Waals surface area contributed by atoms with Gasteiger partial charge in [-0.1, -0.05) is 18.2 Å². The van der Waals surface area contributed by atoms with Gasteiger partial charge in [0.2, 0.25) is 0 Å². The molecule has 0 aliphatic heterocycles. The van der Waals surface area contributed by atoms with Gasteiger partial charge in [0, 0.05) is 12.2 Å². The zero-order valence-corrected chi connectivity index (χ0v) is 11.3. The molecule has 0 aliphatic rings. The van der Waals surface area contributed by atoms with E-state index in [-0.39, 0.29) is 0 Å². The molecule has 0 unspecified atom stereocenters. The van der Waals surface area contributed by atoms with Crippen molar-refractivity contribution >= 4 is 11.7 Å². The van der Waals surface area contributed by atoms with Crippen molar-refractivity contribution in [1.82, 2.24) is 0 Å². The molecule has 2 aromatic rings. The molecule has 0 saturated carbocycles. The first kappa shape index (κ1) is 13.9. The Morgan fingerprint density at radius 2 is 1.95 bits per heavy atom. The van der Waals surface area contributed by atoms with Crippen LogP contribution in [0.2, 0.25) is 0 Å². The van der Waals surface area contributed by atoms with Crippen LogP contribution in [0.1, 0.15) is 15.9 Å². The quantitative estimate of drug-likeness (QED) is 0.847. The number of aromatic carboxylic acids is 1. The molecule has 2 rings (SSSR count). The van der Waals surface area contributed by atoms with Crippen molar-refractivity contribution in [2.75, 3.05) is 19.0 Å². The predicted molar refractivity (Wildman–Crippen MR) is 78.6 cm³/mol. The lowest BCUT2D eigenvalue weighted by atomic mass is 10.1. The van der Waals surface area contributed by atoms with Crippen molar-refractivity contribution in [3.05, 3.63) is 59.7 Å². The number of carboxylic acid groups (broad SMARTS) is 1. The van der Waals surface area contributed by atoms with E-state index in [2.05, 4.69) is 5.32 Å². The molecule has 2 N–H and O–H groups in total. The lowest BCUT2D eigenvalue weighted by molar-refractivity contribution is 0.0697. The highest BCUT2D eigenvalue weighted by atomic mass is 16.5. The van der Waals surface area contributed by atoms with Crippen molar-refractivity contribution in [3.63, 3.8) is 0 Å². The maximum Gasteiger partial charge on any atom is 0.335 e. The fourth-order valence-electron chi connectivity index (χ4n) is 1.91. The fraction of sp³-hybridized carbons (Fsp3) is 0.188. The number of benzene rings is 2. The molecule has 0 aromatic heterocycles. The molecular weight excluding hydrogens is 254 g/mol. The Hall–Kier alpha value is -2.49. The zero-order valence-electron chi connectivity index (χ0n) is 11.3. The van der Waals surface area contributed by atoms with Gasteiger partial charge in [-0.15, -0.1) is 0 Å². The fourth-order valence-corrected chi connectivity index (χ4v) is 1.91. The highest BCUT2D eigenvalue weighted by molar-refractivity contribution is 5.88. The van der Waals surface area contributed by atoms with Gasteiger partial charge in [0.25, 0.3) is 0 Å². The second kappa shape index (κ2) is 6.61. The summed E-state index contributed by atoms with van der Waals surface area (Å²) in [7, 11) is 1.64. The van der Waals surface area contributed by atoms with Gasteiger partial charge in [-0.05, 0) is 42.3 Å². The second-order valence-corrected chi connectivity index (χ2v) is 4.41. The molecule has 0 fully saturated rings. The standard InChI is InChI=1S/C16H17NO3/c1-20-15-7-5-12(6-8-15)9-10-17-14-4-2-3-13(11-14)16(18)19/h2-8,11,17H,9-10H2,1H3,(H,18,19). The first-order valence-electron chi connectivity index (χ1n) is 6.39. The lowest BCUT2D eigenvalue weighted by Gasteiger charge is -2.08. The molecule has 0 amide bonds. The highest BCUT2D eigenvalue weighted by Gasteiger charge is 2.02. The Balaban J connectivity index is 1.88. The van der Waals surface area contributed by atoms with Crippen molar-refractivity contribution in [3.8, 4) is 5.75 Å². The van der Waals surface area contributed by atoms with E-state index in [4.69, 9.17) is 9.84 Å². The van der Waals surface area contributed by atoms with Crippen LogP contribution in [0.3, 0.4) is 0 Å². The Labute approximate surface area is 118 Å². The molecule has 104 valence electrons. The van der Waals surface area contributed by atoms with Gasteiger partial charge in [-0.3, -0.25) is 0 Å². The van der Waals surface area contributed by atoms with Crippen LogP contribution in [0.25, 0.3) is 0 Å². The number of nitrogens with one attached hydrogen (secondary N) is 1.